The quantitative estimate of drug-likeness (QED) is 0.884. The first-order chi connectivity index (χ1) is 9.76. The molecule has 1 aliphatic heterocycles. The summed E-state index contributed by atoms with van der Waals surface area (Å²) in [6.07, 6.45) is 0.905. The van der Waals surface area contributed by atoms with Crippen LogP contribution in [0.3, 0.4) is 0 Å². The molecule has 0 saturated carbocycles. The molecule has 1 aromatic carbocycles. The second-order valence-electron chi connectivity index (χ2n) is 5.04. The van der Waals surface area contributed by atoms with Crippen LogP contribution in [-0.4, -0.2) is 28.5 Å². The van der Waals surface area contributed by atoms with Gasteiger partial charge in [-0.15, -0.1) is 0 Å². The van der Waals surface area contributed by atoms with Crippen LogP contribution >= 0.6 is 0 Å². The van der Waals surface area contributed by atoms with Crippen LogP contribution in [0.1, 0.15) is 16.8 Å². The zero-order chi connectivity index (χ0) is 13.9. The Morgan fingerprint density at radius 1 is 1.35 bits per heavy atom. The minimum atomic E-state index is -0.283. The second kappa shape index (κ2) is 5.46. The van der Waals surface area contributed by atoms with Crippen LogP contribution < -0.4 is 11.0 Å². The molecule has 1 aromatic heterocycles. The summed E-state index contributed by atoms with van der Waals surface area (Å²) in [7, 11) is 1.80. The summed E-state index contributed by atoms with van der Waals surface area (Å²) in [5.74, 6) is 0.711. The monoisotopic (exact) mass is 270 g/mol. The van der Waals surface area contributed by atoms with Crippen molar-refractivity contribution in [2.45, 2.75) is 19.5 Å². The highest BCUT2D eigenvalue weighted by atomic mass is 16.1. The summed E-state index contributed by atoms with van der Waals surface area (Å²) in [6, 6.07) is 10.4. The molecule has 5 heteroatoms. The predicted octanol–water partition coefficient (Wildman–Crippen LogP) is 1.37. The zero-order valence-corrected chi connectivity index (χ0v) is 11.5. The van der Waals surface area contributed by atoms with E-state index in [4.69, 9.17) is 0 Å². The van der Waals surface area contributed by atoms with Gasteiger partial charge in [0.25, 0.3) is 0 Å². The molecule has 0 amide bonds. The average Bonchev–Trinajstić information content (AvgIpc) is 2.47. The van der Waals surface area contributed by atoms with Crippen LogP contribution in [0.5, 0.6) is 0 Å². The lowest BCUT2D eigenvalue weighted by Crippen LogP contribution is -2.33. The van der Waals surface area contributed by atoms with Gasteiger partial charge in [-0.2, -0.15) is 4.98 Å². The Morgan fingerprint density at radius 3 is 2.90 bits per heavy atom. The molecule has 20 heavy (non-hydrogen) atoms. The number of anilines is 1. The number of H-pyrrole nitrogens is 1. The second-order valence-corrected chi connectivity index (χ2v) is 5.04. The fourth-order valence-corrected chi connectivity index (χ4v) is 2.70. The minimum Gasteiger partial charge on any atom is -0.373 e. The van der Waals surface area contributed by atoms with Gasteiger partial charge in [0.05, 0.1) is 0 Å². The van der Waals surface area contributed by atoms with Crippen LogP contribution in [0.4, 0.5) is 5.82 Å². The van der Waals surface area contributed by atoms with Gasteiger partial charge in [-0.1, -0.05) is 30.3 Å². The molecule has 0 bridgehead atoms. The van der Waals surface area contributed by atoms with Crippen molar-refractivity contribution in [2.75, 3.05) is 18.9 Å². The first-order valence-electron chi connectivity index (χ1n) is 6.82. The van der Waals surface area contributed by atoms with Crippen molar-refractivity contribution in [3.05, 3.63) is 57.6 Å². The maximum atomic E-state index is 11.6. The van der Waals surface area contributed by atoms with Crippen molar-refractivity contribution in [2.24, 2.45) is 0 Å². The Morgan fingerprint density at radius 2 is 2.15 bits per heavy atom. The number of benzene rings is 1. The van der Waals surface area contributed by atoms with Crippen LogP contribution in [0.25, 0.3) is 0 Å². The third-order valence-electron chi connectivity index (χ3n) is 3.67. The fraction of sp³-hybridized carbons (Fsp3) is 0.333. The smallest absolute Gasteiger partial charge is 0.347 e. The average molecular weight is 270 g/mol. The molecule has 1 aliphatic rings. The lowest BCUT2D eigenvalue weighted by atomic mass is 10.0. The maximum Gasteiger partial charge on any atom is 0.347 e. The topological polar surface area (TPSA) is 61.0 Å². The molecule has 2 N–H and O–H groups in total. The molecule has 2 heterocycles. The number of aromatic amines is 1. The van der Waals surface area contributed by atoms with Gasteiger partial charge >= 0.3 is 5.69 Å². The molecular formula is C15H18N4O. The lowest BCUT2D eigenvalue weighted by molar-refractivity contribution is 0.241. The van der Waals surface area contributed by atoms with Crippen molar-refractivity contribution in [3.8, 4) is 0 Å². The van der Waals surface area contributed by atoms with Crippen LogP contribution in [0.15, 0.2) is 35.1 Å². The summed E-state index contributed by atoms with van der Waals surface area (Å²) >= 11 is 0. The van der Waals surface area contributed by atoms with Crippen molar-refractivity contribution in [3.63, 3.8) is 0 Å². The van der Waals surface area contributed by atoms with Gasteiger partial charge in [-0.3, -0.25) is 4.90 Å². The van der Waals surface area contributed by atoms with Gasteiger partial charge in [0, 0.05) is 37.9 Å². The normalized spacial score (nSPS) is 14.8. The summed E-state index contributed by atoms with van der Waals surface area (Å²) in [4.78, 5) is 20.7. The number of fused-ring (bicyclic) bond motifs is 1. The molecule has 0 aliphatic carbocycles. The third kappa shape index (κ3) is 2.58. The lowest BCUT2D eigenvalue weighted by Gasteiger charge is -2.29. The minimum absolute atomic E-state index is 0.283. The Balaban J connectivity index is 1.82. The number of hydrogen-bond donors (Lipinski definition) is 2. The van der Waals surface area contributed by atoms with E-state index in [2.05, 4.69) is 44.5 Å². The van der Waals surface area contributed by atoms with Crippen molar-refractivity contribution in [1.29, 1.82) is 0 Å². The van der Waals surface area contributed by atoms with Crippen molar-refractivity contribution >= 4 is 5.82 Å². The number of aromatic nitrogens is 2. The van der Waals surface area contributed by atoms with Crippen LogP contribution in [0, 0.1) is 0 Å². The van der Waals surface area contributed by atoms with Gasteiger partial charge in [0.15, 0.2) is 0 Å². The van der Waals surface area contributed by atoms with E-state index in [0.717, 1.165) is 37.3 Å². The first-order valence-corrected chi connectivity index (χ1v) is 6.82. The number of rotatable bonds is 3. The van der Waals surface area contributed by atoms with Crippen LogP contribution in [-0.2, 0) is 19.5 Å². The SMILES string of the molecule is CNc1nc(=O)[nH]c2c1CCN(Cc1ccccc1)C2. The van der Waals surface area contributed by atoms with E-state index in [1.54, 1.807) is 7.05 Å². The van der Waals surface area contributed by atoms with E-state index < -0.39 is 0 Å². The number of nitrogens with one attached hydrogen (secondary N) is 2. The Kier molecular flexibility index (Phi) is 3.52. The van der Waals surface area contributed by atoms with Gasteiger partial charge in [-0.25, -0.2) is 4.79 Å². The Labute approximate surface area is 117 Å². The van der Waals surface area contributed by atoms with Crippen molar-refractivity contribution < 1.29 is 0 Å². The van der Waals surface area contributed by atoms with E-state index >= 15 is 0 Å². The fourth-order valence-electron chi connectivity index (χ4n) is 2.70. The zero-order valence-electron chi connectivity index (χ0n) is 11.5. The first kappa shape index (κ1) is 12.9. The standard InChI is InChI=1S/C15H18N4O/c1-16-14-12-7-8-19(9-11-5-3-2-4-6-11)10-13(12)17-15(20)18-14/h2-6H,7-10H2,1H3,(H2,16,17,18,20). The molecule has 104 valence electrons. The molecule has 0 spiro atoms. The predicted molar refractivity (Wildman–Crippen MR) is 78.7 cm³/mol. The largest absolute Gasteiger partial charge is 0.373 e. The van der Waals surface area contributed by atoms with Crippen molar-refractivity contribution in [1.82, 2.24) is 14.9 Å². The highest BCUT2D eigenvalue weighted by molar-refractivity contribution is 5.46. The summed E-state index contributed by atoms with van der Waals surface area (Å²) in [6.45, 7) is 2.64. The highest BCUT2D eigenvalue weighted by Crippen LogP contribution is 2.22. The highest BCUT2D eigenvalue weighted by Gasteiger charge is 2.20. The molecule has 3 rings (SSSR count). The molecule has 0 unspecified atom stereocenters. The van der Waals surface area contributed by atoms with E-state index in [9.17, 15) is 4.79 Å². The molecule has 0 radical (unpaired) electrons. The molecule has 0 saturated heterocycles. The maximum absolute atomic E-state index is 11.6. The Hall–Kier alpha value is -2.14. The molecule has 5 nitrogen and oxygen atoms in total. The molecule has 0 atom stereocenters. The van der Waals surface area contributed by atoms with E-state index in [-0.39, 0.29) is 5.69 Å². The summed E-state index contributed by atoms with van der Waals surface area (Å²) in [5, 5.41) is 3.01. The molecule has 0 fully saturated rings. The van der Waals surface area contributed by atoms with E-state index in [1.165, 1.54) is 5.56 Å². The molecular weight excluding hydrogens is 252 g/mol. The van der Waals surface area contributed by atoms with Crippen LogP contribution in [0.2, 0.25) is 0 Å². The summed E-state index contributed by atoms with van der Waals surface area (Å²) in [5.41, 5.74) is 3.13. The van der Waals surface area contributed by atoms with Gasteiger partial charge < -0.3 is 10.3 Å². The number of nitrogens with zero attached hydrogens (tertiary/aromatic N) is 2. The third-order valence-corrected chi connectivity index (χ3v) is 3.67. The molecule has 2 aromatic rings. The van der Waals surface area contributed by atoms with E-state index in [0.29, 0.717) is 5.82 Å². The van der Waals surface area contributed by atoms with Gasteiger partial charge in [0.1, 0.15) is 5.82 Å². The summed E-state index contributed by atoms with van der Waals surface area (Å²) < 4.78 is 0. The number of hydrogen-bond acceptors (Lipinski definition) is 4. The van der Waals surface area contributed by atoms with Gasteiger partial charge in [-0.05, 0) is 12.0 Å². The Bertz CT molecular complexity index is 651. The van der Waals surface area contributed by atoms with Gasteiger partial charge in [0.2, 0.25) is 0 Å². The van der Waals surface area contributed by atoms with E-state index in [1.807, 2.05) is 6.07 Å².